The van der Waals surface area contributed by atoms with Crippen LogP contribution in [0.2, 0.25) is 0 Å². The lowest BCUT2D eigenvalue weighted by atomic mass is 9.98. The molecule has 1 aromatic carbocycles. The van der Waals surface area contributed by atoms with Crippen LogP contribution in [0.15, 0.2) is 18.2 Å². The summed E-state index contributed by atoms with van der Waals surface area (Å²) in [5, 5.41) is 18.8. The molecule has 1 rings (SSSR count). The van der Waals surface area contributed by atoms with Crippen molar-refractivity contribution >= 4 is 50.3 Å². The molecule has 0 bridgehead atoms. The Morgan fingerprint density at radius 2 is 2.06 bits per heavy atom. The standard InChI is InChI=1S/C11H10BrIO4/c12-4-3-9(14)7-2-1-6(13)5-8(7)10(15)11(16)17/h1-2,5,10,15H,3-4H2,(H,16,17). The highest BCUT2D eigenvalue weighted by Crippen LogP contribution is 2.22. The Balaban J connectivity index is 3.21. The van der Waals surface area contributed by atoms with Gasteiger partial charge >= 0.3 is 5.97 Å². The van der Waals surface area contributed by atoms with Gasteiger partial charge in [0, 0.05) is 26.4 Å². The molecule has 1 atom stereocenters. The highest BCUT2D eigenvalue weighted by atomic mass is 127. The topological polar surface area (TPSA) is 74.6 Å². The van der Waals surface area contributed by atoms with Gasteiger partial charge in [0.25, 0.3) is 0 Å². The van der Waals surface area contributed by atoms with Crippen LogP contribution in [0, 0.1) is 3.57 Å². The minimum absolute atomic E-state index is 0.148. The second-order valence-electron chi connectivity index (χ2n) is 3.33. The molecule has 0 amide bonds. The Morgan fingerprint density at radius 1 is 1.41 bits per heavy atom. The first-order chi connectivity index (χ1) is 7.97. The predicted octanol–water partition coefficient (Wildman–Crippen LogP) is 2.38. The minimum atomic E-state index is -1.67. The summed E-state index contributed by atoms with van der Waals surface area (Å²) in [6.07, 6.45) is -1.40. The Kier molecular flexibility index (Phi) is 5.54. The molecule has 2 N–H and O–H groups in total. The summed E-state index contributed by atoms with van der Waals surface area (Å²) in [6, 6.07) is 4.77. The monoisotopic (exact) mass is 412 g/mol. The van der Waals surface area contributed by atoms with Gasteiger partial charge in [-0.3, -0.25) is 4.79 Å². The molecule has 0 aromatic heterocycles. The number of Topliss-reactive ketones (excluding diaryl/α,β-unsaturated/α-hetero) is 1. The van der Waals surface area contributed by atoms with E-state index in [4.69, 9.17) is 5.11 Å². The van der Waals surface area contributed by atoms with E-state index in [1.807, 2.05) is 22.6 Å². The smallest absolute Gasteiger partial charge is 0.337 e. The molecular weight excluding hydrogens is 403 g/mol. The van der Waals surface area contributed by atoms with Gasteiger partial charge in [0.15, 0.2) is 11.9 Å². The number of alkyl halides is 1. The normalized spacial score (nSPS) is 12.2. The van der Waals surface area contributed by atoms with Gasteiger partial charge in [-0.1, -0.05) is 15.9 Å². The zero-order valence-electron chi connectivity index (χ0n) is 8.69. The Bertz CT molecular complexity index is 447. The molecule has 1 aromatic rings. The molecule has 0 aliphatic carbocycles. The first-order valence-electron chi connectivity index (χ1n) is 4.77. The minimum Gasteiger partial charge on any atom is -0.479 e. The van der Waals surface area contributed by atoms with Crippen molar-refractivity contribution in [1.82, 2.24) is 0 Å². The van der Waals surface area contributed by atoms with Gasteiger partial charge in [-0.25, -0.2) is 4.79 Å². The fraction of sp³-hybridized carbons (Fsp3) is 0.273. The van der Waals surface area contributed by atoms with Crippen LogP contribution >= 0.6 is 38.5 Å². The molecule has 0 aliphatic rings. The van der Waals surface area contributed by atoms with Crippen LogP contribution in [0.4, 0.5) is 0 Å². The maximum Gasteiger partial charge on any atom is 0.337 e. The van der Waals surface area contributed by atoms with E-state index in [-0.39, 0.29) is 23.3 Å². The van der Waals surface area contributed by atoms with Crippen LogP contribution in [0.1, 0.15) is 28.4 Å². The fourth-order valence-corrected chi connectivity index (χ4v) is 2.24. The molecular formula is C11H10BrIO4. The molecule has 0 spiro atoms. The SMILES string of the molecule is O=C(CCBr)c1ccc(I)cc1C(O)C(=O)O. The largest absolute Gasteiger partial charge is 0.479 e. The van der Waals surface area contributed by atoms with Gasteiger partial charge in [-0.15, -0.1) is 0 Å². The molecule has 92 valence electrons. The second kappa shape index (κ2) is 6.46. The molecule has 4 nitrogen and oxygen atoms in total. The molecule has 0 fully saturated rings. The van der Waals surface area contributed by atoms with Crippen molar-refractivity contribution in [3.8, 4) is 0 Å². The number of rotatable bonds is 5. The summed E-state index contributed by atoms with van der Waals surface area (Å²) in [5.41, 5.74) is 0.412. The number of carboxylic acid groups (broad SMARTS) is 1. The number of carbonyl (C=O) groups excluding carboxylic acids is 1. The summed E-state index contributed by atoms with van der Waals surface area (Å²) in [5.74, 6) is -1.55. The number of aliphatic hydroxyl groups excluding tert-OH is 1. The van der Waals surface area contributed by atoms with Gasteiger partial charge in [-0.05, 0) is 40.8 Å². The van der Waals surface area contributed by atoms with Crippen molar-refractivity contribution < 1.29 is 19.8 Å². The lowest BCUT2D eigenvalue weighted by Gasteiger charge is -2.11. The van der Waals surface area contributed by atoms with Gasteiger partial charge in [0.1, 0.15) is 0 Å². The van der Waals surface area contributed by atoms with E-state index in [9.17, 15) is 14.7 Å². The van der Waals surface area contributed by atoms with Crippen molar-refractivity contribution in [3.63, 3.8) is 0 Å². The van der Waals surface area contributed by atoms with Crippen LogP contribution in [-0.2, 0) is 4.79 Å². The Labute approximate surface area is 120 Å². The van der Waals surface area contributed by atoms with Crippen LogP contribution < -0.4 is 0 Å². The van der Waals surface area contributed by atoms with E-state index in [2.05, 4.69) is 15.9 Å². The average molecular weight is 413 g/mol. The van der Waals surface area contributed by atoms with Gasteiger partial charge in [-0.2, -0.15) is 0 Å². The third kappa shape index (κ3) is 3.75. The number of carbonyl (C=O) groups is 2. The van der Waals surface area contributed by atoms with Crippen molar-refractivity contribution in [2.75, 3.05) is 5.33 Å². The highest BCUT2D eigenvalue weighted by Gasteiger charge is 2.22. The van der Waals surface area contributed by atoms with Crippen LogP contribution in [-0.4, -0.2) is 27.3 Å². The molecule has 6 heteroatoms. The maximum absolute atomic E-state index is 11.8. The van der Waals surface area contributed by atoms with Gasteiger partial charge < -0.3 is 10.2 Å². The Morgan fingerprint density at radius 3 is 2.59 bits per heavy atom. The zero-order chi connectivity index (χ0) is 13.0. The summed E-state index contributed by atoms with van der Waals surface area (Å²) >= 11 is 5.15. The molecule has 1 unspecified atom stereocenters. The van der Waals surface area contributed by atoms with Gasteiger partial charge in [0.05, 0.1) is 0 Å². The van der Waals surface area contributed by atoms with E-state index in [0.29, 0.717) is 5.33 Å². The lowest BCUT2D eigenvalue weighted by Crippen LogP contribution is -2.15. The summed E-state index contributed by atoms with van der Waals surface area (Å²) < 4.78 is 0.772. The van der Waals surface area contributed by atoms with E-state index < -0.39 is 12.1 Å². The summed E-state index contributed by atoms with van der Waals surface area (Å²) in [4.78, 5) is 22.5. The second-order valence-corrected chi connectivity index (χ2v) is 5.37. The predicted molar refractivity (Wildman–Crippen MR) is 74.5 cm³/mol. The summed E-state index contributed by atoms with van der Waals surface area (Å²) in [7, 11) is 0. The number of benzene rings is 1. The molecule has 0 aliphatic heterocycles. The molecule has 0 heterocycles. The molecule has 17 heavy (non-hydrogen) atoms. The number of hydrogen-bond donors (Lipinski definition) is 2. The van der Waals surface area contributed by atoms with Crippen LogP contribution in [0.3, 0.4) is 0 Å². The van der Waals surface area contributed by atoms with Crippen molar-refractivity contribution in [3.05, 3.63) is 32.9 Å². The van der Waals surface area contributed by atoms with Gasteiger partial charge in [0.2, 0.25) is 0 Å². The van der Waals surface area contributed by atoms with Crippen molar-refractivity contribution in [1.29, 1.82) is 0 Å². The van der Waals surface area contributed by atoms with E-state index >= 15 is 0 Å². The average Bonchev–Trinajstić information content (AvgIpc) is 2.28. The van der Waals surface area contributed by atoms with E-state index in [1.165, 1.54) is 6.07 Å². The van der Waals surface area contributed by atoms with Crippen LogP contribution in [0.25, 0.3) is 0 Å². The number of aliphatic hydroxyl groups is 1. The molecule has 0 saturated carbocycles. The lowest BCUT2D eigenvalue weighted by molar-refractivity contribution is -0.146. The Hall–Kier alpha value is -0.470. The first kappa shape index (κ1) is 14.6. The molecule has 0 saturated heterocycles. The van der Waals surface area contributed by atoms with Crippen molar-refractivity contribution in [2.45, 2.75) is 12.5 Å². The summed E-state index contributed by atoms with van der Waals surface area (Å²) in [6.45, 7) is 0. The third-order valence-corrected chi connectivity index (χ3v) is 3.23. The number of hydrogen-bond acceptors (Lipinski definition) is 3. The van der Waals surface area contributed by atoms with E-state index in [0.717, 1.165) is 3.57 Å². The number of carboxylic acids is 1. The highest BCUT2D eigenvalue weighted by molar-refractivity contribution is 14.1. The first-order valence-corrected chi connectivity index (χ1v) is 6.97. The molecule has 0 radical (unpaired) electrons. The quantitative estimate of drug-likeness (QED) is 0.442. The van der Waals surface area contributed by atoms with E-state index in [1.54, 1.807) is 12.1 Å². The number of halogens is 2. The fourth-order valence-electron chi connectivity index (χ4n) is 1.37. The third-order valence-electron chi connectivity index (χ3n) is 2.16. The zero-order valence-corrected chi connectivity index (χ0v) is 12.4. The maximum atomic E-state index is 11.8. The van der Waals surface area contributed by atoms with Crippen molar-refractivity contribution in [2.24, 2.45) is 0 Å². The van der Waals surface area contributed by atoms with Crippen LogP contribution in [0.5, 0.6) is 0 Å². The number of ketones is 1. The number of aliphatic carboxylic acids is 1.